The van der Waals surface area contributed by atoms with Gasteiger partial charge in [0, 0.05) is 73.9 Å². The van der Waals surface area contributed by atoms with Crippen LogP contribution in [0.4, 0.5) is 11.6 Å². The van der Waals surface area contributed by atoms with Crippen molar-refractivity contribution in [2.45, 2.75) is 51.9 Å². The zero-order chi connectivity index (χ0) is 36.1. The van der Waals surface area contributed by atoms with Gasteiger partial charge in [0.2, 0.25) is 0 Å². The molecule has 4 fully saturated rings. The van der Waals surface area contributed by atoms with E-state index in [4.69, 9.17) is 19.5 Å². The van der Waals surface area contributed by atoms with E-state index in [2.05, 4.69) is 91.1 Å². The zero-order valence-electron chi connectivity index (χ0n) is 31.3. The number of morpholine rings is 2. The van der Waals surface area contributed by atoms with Gasteiger partial charge in [-0.25, -0.2) is 9.97 Å². The van der Waals surface area contributed by atoms with Gasteiger partial charge >= 0.3 is 0 Å². The molecule has 10 nitrogen and oxygen atoms in total. The van der Waals surface area contributed by atoms with Crippen LogP contribution in [-0.2, 0) is 35.7 Å². The number of nitrogens with one attached hydrogen (secondary N) is 2. The standard InChI is InChI=1S/2C22H26N4O/c2*1-2-16(1)13-23-14-17-3-4-19-15-25-22(20(19)11-17)18-5-6-24-21(12-18)26-7-9-27-10-8-26/h2*3-6,11-12,16,23H,1-2,7-10,13-15H2. The van der Waals surface area contributed by atoms with Crippen molar-refractivity contribution in [3.05, 3.63) is 118 Å². The third-order valence-corrected chi connectivity index (χ3v) is 11.3. The van der Waals surface area contributed by atoms with Crippen LogP contribution in [0.15, 0.2) is 83.0 Å². The highest BCUT2D eigenvalue weighted by Gasteiger charge is 2.24. The minimum absolute atomic E-state index is 0.771. The van der Waals surface area contributed by atoms with E-state index in [0.29, 0.717) is 0 Å². The molecule has 0 bridgehead atoms. The Morgan fingerprint density at radius 3 is 1.43 bits per heavy atom. The number of ether oxygens (including phenoxy) is 2. The molecule has 0 radical (unpaired) electrons. The first kappa shape index (κ1) is 35.2. The van der Waals surface area contributed by atoms with E-state index in [1.165, 1.54) is 59.1 Å². The Balaban J connectivity index is 0.000000142. The van der Waals surface area contributed by atoms with Crippen molar-refractivity contribution in [3.63, 3.8) is 0 Å². The fourth-order valence-electron chi connectivity index (χ4n) is 7.72. The normalized spacial score (nSPS) is 19.1. The smallest absolute Gasteiger partial charge is 0.129 e. The van der Waals surface area contributed by atoms with Gasteiger partial charge in [-0.15, -0.1) is 0 Å². The highest BCUT2D eigenvalue weighted by Crippen LogP contribution is 2.30. The Labute approximate surface area is 319 Å². The Kier molecular flexibility index (Phi) is 10.8. The summed E-state index contributed by atoms with van der Waals surface area (Å²) in [6.45, 7) is 12.4. The average molecular weight is 725 g/mol. The molecule has 280 valence electrons. The quantitative estimate of drug-likeness (QED) is 0.197. The van der Waals surface area contributed by atoms with Crippen molar-refractivity contribution < 1.29 is 9.47 Å². The van der Waals surface area contributed by atoms with Gasteiger partial charge in [0.15, 0.2) is 0 Å². The summed E-state index contributed by atoms with van der Waals surface area (Å²) >= 11 is 0. The van der Waals surface area contributed by atoms with Crippen LogP contribution in [0.2, 0.25) is 0 Å². The highest BCUT2D eigenvalue weighted by atomic mass is 16.5. The van der Waals surface area contributed by atoms with Crippen molar-refractivity contribution in [1.29, 1.82) is 0 Å². The van der Waals surface area contributed by atoms with Crippen LogP contribution < -0.4 is 20.4 Å². The predicted octanol–water partition coefficient (Wildman–Crippen LogP) is 5.54. The van der Waals surface area contributed by atoms with Crippen LogP contribution in [-0.4, -0.2) is 87.1 Å². The van der Waals surface area contributed by atoms with Crippen molar-refractivity contribution in [2.24, 2.45) is 21.8 Å². The topological polar surface area (TPSA) is 99.5 Å². The molecule has 2 saturated carbocycles. The van der Waals surface area contributed by atoms with Crippen LogP contribution in [0.25, 0.3) is 0 Å². The van der Waals surface area contributed by atoms with Crippen LogP contribution >= 0.6 is 0 Å². The van der Waals surface area contributed by atoms with Gasteiger partial charge in [-0.05, 0) is 109 Å². The minimum Gasteiger partial charge on any atom is -0.378 e. The molecular weight excluding hydrogens is 673 g/mol. The Morgan fingerprint density at radius 2 is 1.00 bits per heavy atom. The molecular formula is C44H52N8O2. The lowest BCUT2D eigenvalue weighted by Gasteiger charge is -2.28. The molecule has 0 unspecified atom stereocenters. The van der Waals surface area contributed by atoms with Crippen molar-refractivity contribution in [1.82, 2.24) is 20.6 Å². The van der Waals surface area contributed by atoms with E-state index in [9.17, 15) is 0 Å². The monoisotopic (exact) mass is 724 g/mol. The summed E-state index contributed by atoms with van der Waals surface area (Å²) in [5, 5.41) is 7.19. The molecule has 4 aromatic rings. The Morgan fingerprint density at radius 1 is 0.556 bits per heavy atom. The number of aromatic nitrogens is 2. The fourth-order valence-corrected chi connectivity index (χ4v) is 7.72. The predicted molar refractivity (Wildman–Crippen MR) is 215 cm³/mol. The lowest BCUT2D eigenvalue weighted by molar-refractivity contribution is 0.122. The van der Waals surface area contributed by atoms with E-state index in [1.807, 2.05) is 12.4 Å². The van der Waals surface area contributed by atoms with Crippen molar-refractivity contribution >= 4 is 23.1 Å². The van der Waals surface area contributed by atoms with Crippen LogP contribution in [0.3, 0.4) is 0 Å². The number of hydrogen-bond donors (Lipinski definition) is 2. The third-order valence-electron chi connectivity index (χ3n) is 11.3. The largest absolute Gasteiger partial charge is 0.378 e. The van der Waals surface area contributed by atoms with E-state index in [0.717, 1.165) is 138 Å². The van der Waals surface area contributed by atoms with Gasteiger partial charge in [-0.1, -0.05) is 24.3 Å². The van der Waals surface area contributed by atoms with E-state index >= 15 is 0 Å². The molecule has 6 heterocycles. The fraction of sp³-hybridized carbons (Fsp3) is 0.455. The minimum atomic E-state index is 0.771. The van der Waals surface area contributed by atoms with Crippen molar-refractivity contribution in [2.75, 3.05) is 75.5 Å². The van der Waals surface area contributed by atoms with E-state index in [-0.39, 0.29) is 0 Å². The molecule has 0 amide bonds. The summed E-state index contributed by atoms with van der Waals surface area (Å²) in [7, 11) is 0. The number of aliphatic imine (C=N–C) groups is 2. The van der Waals surface area contributed by atoms with Gasteiger partial charge in [-0.3, -0.25) is 9.98 Å². The van der Waals surface area contributed by atoms with Crippen LogP contribution in [0, 0.1) is 11.8 Å². The van der Waals surface area contributed by atoms with Crippen LogP contribution in [0.5, 0.6) is 0 Å². The van der Waals surface area contributed by atoms with Gasteiger partial charge in [0.25, 0.3) is 0 Å². The molecule has 4 aliphatic heterocycles. The summed E-state index contributed by atoms with van der Waals surface area (Å²) in [5.41, 5.74) is 12.4. The number of pyridine rings is 2. The molecule has 2 N–H and O–H groups in total. The summed E-state index contributed by atoms with van der Waals surface area (Å²) in [6, 6.07) is 22.1. The molecule has 2 saturated heterocycles. The molecule has 0 spiro atoms. The number of fused-ring (bicyclic) bond motifs is 2. The molecule has 10 rings (SSSR count). The molecule has 54 heavy (non-hydrogen) atoms. The second kappa shape index (κ2) is 16.5. The highest BCUT2D eigenvalue weighted by molar-refractivity contribution is 6.16. The molecule has 0 atom stereocenters. The molecule has 10 heteroatoms. The number of rotatable bonds is 12. The summed E-state index contributed by atoms with van der Waals surface area (Å²) in [6.07, 6.45) is 9.37. The molecule has 2 aromatic carbocycles. The lowest BCUT2D eigenvalue weighted by atomic mass is 9.98. The second-order valence-corrected chi connectivity index (χ2v) is 15.5. The Bertz CT molecular complexity index is 1850. The average Bonchev–Trinajstić information content (AvgIpc) is 4.16. The first-order valence-electron chi connectivity index (χ1n) is 20.1. The number of anilines is 2. The molecule has 2 aromatic heterocycles. The maximum Gasteiger partial charge on any atom is 0.129 e. The second-order valence-electron chi connectivity index (χ2n) is 15.5. The summed E-state index contributed by atoms with van der Waals surface area (Å²) in [4.78, 5) is 23.4. The number of nitrogens with zero attached hydrogens (tertiary/aromatic N) is 6. The van der Waals surface area contributed by atoms with Crippen LogP contribution in [0.1, 0.15) is 70.2 Å². The summed E-state index contributed by atoms with van der Waals surface area (Å²) in [5.74, 6) is 3.86. The van der Waals surface area contributed by atoms with Gasteiger partial charge < -0.3 is 29.9 Å². The number of hydrogen-bond acceptors (Lipinski definition) is 10. The Hall–Kier alpha value is -4.48. The van der Waals surface area contributed by atoms with Crippen molar-refractivity contribution in [3.8, 4) is 0 Å². The first-order chi connectivity index (χ1) is 26.7. The molecule has 6 aliphatic rings. The van der Waals surface area contributed by atoms with E-state index < -0.39 is 0 Å². The van der Waals surface area contributed by atoms with Gasteiger partial charge in [-0.2, -0.15) is 0 Å². The maximum atomic E-state index is 5.46. The van der Waals surface area contributed by atoms with Gasteiger partial charge in [0.1, 0.15) is 11.6 Å². The first-order valence-corrected chi connectivity index (χ1v) is 20.1. The third kappa shape index (κ3) is 8.57. The lowest BCUT2D eigenvalue weighted by Crippen LogP contribution is -2.36. The summed E-state index contributed by atoms with van der Waals surface area (Å²) < 4.78 is 10.9. The molecule has 2 aliphatic carbocycles. The maximum absolute atomic E-state index is 5.46. The number of benzene rings is 2. The zero-order valence-corrected chi connectivity index (χ0v) is 31.3. The van der Waals surface area contributed by atoms with Gasteiger partial charge in [0.05, 0.1) is 50.9 Å². The van der Waals surface area contributed by atoms with E-state index in [1.54, 1.807) is 0 Å². The SMILES string of the molecule is c1cc(C2=NCc3ccc(CNCC4CC4)cc32)cc(N2CCOCC2)n1.c1cc(C2=NCc3ccc(CNCC4CC4)cc32)cc(N2CCOCC2)n1.